The summed E-state index contributed by atoms with van der Waals surface area (Å²) in [4.78, 5) is 26.7. The van der Waals surface area contributed by atoms with Gasteiger partial charge in [-0.25, -0.2) is 9.78 Å². The Kier molecular flexibility index (Phi) is 4.23. The molecule has 1 aliphatic rings. The van der Waals surface area contributed by atoms with Crippen molar-refractivity contribution in [3.8, 4) is 0 Å². The molecule has 23 heavy (non-hydrogen) atoms. The van der Waals surface area contributed by atoms with Crippen LogP contribution in [0.5, 0.6) is 0 Å². The van der Waals surface area contributed by atoms with Crippen molar-refractivity contribution < 1.29 is 9.59 Å². The standard InChI is InChI=1S/C17H18N4O2/c18-16(22)15-7-6-13(10-19-15)21-17(23)20-9-12-8-14(12)11-4-2-1-3-5-11/h1-7,10,12,14H,8-9H2,(H2,18,22)(H2,20,21,23)/t12-,14+/m0/s1. The van der Waals surface area contributed by atoms with Gasteiger partial charge in [0, 0.05) is 6.54 Å². The van der Waals surface area contributed by atoms with Gasteiger partial charge in [0.05, 0.1) is 11.9 Å². The maximum Gasteiger partial charge on any atom is 0.319 e. The van der Waals surface area contributed by atoms with E-state index in [2.05, 4.69) is 27.8 Å². The minimum Gasteiger partial charge on any atom is -0.364 e. The van der Waals surface area contributed by atoms with Crippen LogP contribution in [0, 0.1) is 5.92 Å². The van der Waals surface area contributed by atoms with E-state index in [4.69, 9.17) is 5.73 Å². The van der Waals surface area contributed by atoms with Crippen LogP contribution in [0.2, 0.25) is 0 Å². The average molecular weight is 310 g/mol. The molecule has 4 N–H and O–H groups in total. The lowest BCUT2D eigenvalue weighted by Crippen LogP contribution is -2.30. The monoisotopic (exact) mass is 310 g/mol. The molecule has 0 radical (unpaired) electrons. The molecule has 2 atom stereocenters. The maximum absolute atomic E-state index is 11.9. The highest BCUT2D eigenvalue weighted by molar-refractivity contribution is 5.92. The summed E-state index contributed by atoms with van der Waals surface area (Å²) in [6, 6.07) is 13.1. The van der Waals surface area contributed by atoms with E-state index in [-0.39, 0.29) is 11.7 Å². The number of amides is 3. The van der Waals surface area contributed by atoms with Crippen molar-refractivity contribution in [1.82, 2.24) is 10.3 Å². The number of primary amides is 1. The zero-order valence-electron chi connectivity index (χ0n) is 12.5. The molecule has 1 saturated carbocycles. The second-order valence-corrected chi connectivity index (χ2v) is 5.64. The summed E-state index contributed by atoms with van der Waals surface area (Å²) in [5, 5.41) is 5.54. The van der Waals surface area contributed by atoms with Crippen LogP contribution in [0.15, 0.2) is 48.7 Å². The van der Waals surface area contributed by atoms with Crippen LogP contribution in [-0.4, -0.2) is 23.5 Å². The summed E-state index contributed by atoms with van der Waals surface area (Å²) in [5.74, 6) is 0.424. The molecule has 0 saturated heterocycles. The molecule has 3 rings (SSSR count). The number of carbonyl (C=O) groups is 2. The van der Waals surface area contributed by atoms with Crippen molar-refractivity contribution >= 4 is 17.6 Å². The van der Waals surface area contributed by atoms with Gasteiger partial charge in [-0.05, 0) is 36.0 Å². The number of hydrogen-bond acceptors (Lipinski definition) is 3. The number of urea groups is 1. The summed E-state index contributed by atoms with van der Waals surface area (Å²) in [6.45, 7) is 0.637. The first-order valence-corrected chi connectivity index (χ1v) is 7.49. The largest absolute Gasteiger partial charge is 0.364 e. The number of nitrogens with two attached hydrogens (primary N) is 1. The molecular formula is C17H18N4O2. The predicted molar refractivity (Wildman–Crippen MR) is 87.1 cm³/mol. The Balaban J connectivity index is 1.45. The lowest BCUT2D eigenvalue weighted by Gasteiger charge is -2.07. The van der Waals surface area contributed by atoms with Crippen molar-refractivity contribution in [3.05, 3.63) is 59.9 Å². The summed E-state index contributed by atoms with van der Waals surface area (Å²) < 4.78 is 0. The topological polar surface area (TPSA) is 97.1 Å². The minimum absolute atomic E-state index is 0.166. The van der Waals surface area contributed by atoms with E-state index in [0.29, 0.717) is 24.1 Å². The molecule has 0 bridgehead atoms. The van der Waals surface area contributed by atoms with Crippen molar-refractivity contribution in [1.29, 1.82) is 0 Å². The molecule has 0 spiro atoms. The number of nitrogens with one attached hydrogen (secondary N) is 2. The highest BCUT2D eigenvalue weighted by Gasteiger charge is 2.37. The quantitative estimate of drug-likeness (QED) is 0.789. The molecule has 0 unspecified atom stereocenters. The highest BCUT2D eigenvalue weighted by atomic mass is 16.2. The van der Waals surface area contributed by atoms with Crippen molar-refractivity contribution in [2.75, 3.05) is 11.9 Å². The van der Waals surface area contributed by atoms with Gasteiger partial charge in [-0.15, -0.1) is 0 Å². The number of carbonyl (C=O) groups excluding carboxylic acids is 2. The minimum atomic E-state index is -0.596. The highest BCUT2D eigenvalue weighted by Crippen LogP contribution is 2.46. The van der Waals surface area contributed by atoms with Gasteiger partial charge >= 0.3 is 6.03 Å². The first-order valence-electron chi connectivity index (χ1n) is 7.49. The Morgan fingerprint density at radius 1 is 1.17 bits per heavy atom. The summed E-state index contributed by atoms with van der Waals surface area (Å²) in [6.07, 6.45) is 2.50. The van der Waals surface area contributed by atoms with E-state index < -0.39 is 5.91 Å². The summed E-state index contributed by atoms with van der Waals surface area (Å²) in [5.41, 5.74) is 7.12. The third kappa shape index (κ3) is 3.85. The number of benzene rings is 1. The molecule has 1 heterocycles. The van der Waals surface area contributed by atoms with Gasteiger partial charge in [-0.1, -0.05) is 30.3 Å². The van der Waals surface area contributed by atoms with Crippen molar-refractivity contribution in [3.63, 3.8) is 0 Å². The second kappa shape index (κ2) is 6.48. The number of nitrogens with zero attached hydrogens (tertiary/aromatic N) is 1. The van der Waals surface area contributed by atoms with Crippen LogP contribution >= 0.6 is 0 Å². The first-order chi connectivity index (χ1) is 11.1. The van der Waals surface area contributed by atoms with E-state index in [1.54, 1.807) is 6.07 Å². The van der Waals surface area contributed by atoms with Gasteiger partial charge in [-0.2, -0.15) is 0 Å². The Labute approximate surface area is 134 Å². The van der Waals surface area contributed by atoms with Crippen LogP contribution in [0.25, 0.3) is 0 Å². The normalized spacial score (nSPS) is 19.0. The van der Waals surface area contributed by atoms with E-state index >= 15 is 0 Å². The van der Waals surface area contributed by atoms with E-state index in [9.17, 15) is 9.59 Å². The first kappa shape index (κ1) is 15.0. The van der Waals surface area contributed by atoms with E-state index in [0.717, 1.165) is 6.42 Å². The number of pyridine rings is 1. The molecule has 118 valence electrons. The molecule has 3 amide bonds. The lowest BCUT2D eigenvalue weighted by molar-refractivity contribution is 0.0995. The third-order valence-corrected chi connectivity index (χ3v) is 3.95. The van der Waals surface area contributed by atoms with Crippen LogP contribution in [0.3, 0.4) is 0 Å². The second-order valence-electron chi connectivity index (χ2n) is 5.64. The molecule has 1 aliphatic carbocycles. The van der Waals surface area contributed by atoms with Crippen molar-refractivity contribution in [2.45, 2.75) is 12.3 Å². The summed E-state index contributed by atoms with van der Waals surface area (Å²) >= 11 is 0. The molecule has 6 nitrogen and oxygen atoms in total. The van der Waals surface area contributed by atoms with Gasteiger partial charge in [-0.3, -0.25) is 4.79 Å². The van der Waals surface area contributed by atoms with Gasteiger partial charge < -0.3 is 16.4 Å². The van der Waals surface area contributed by atoms with Gasteiger partial charge in [0.1, 0.15) is 5.69 Å². The van der Waals surface area contributed by atoms with Crippen molar-refractivity contribution in [2.24, 2.45) is 11.7 Å². The van der Waals surface area contributed by atoms with Crippen LogP contribution in [-0.2, 0) is 0 Å². The molecular weight excluding hydrogens is 292 g/mol. The fourth-order valence-electron chi connectivity index (χ4n) is 2.59. The molecule has 2 aromatic rings. The molecule has 0 aliphatic heterocycles. The zero-order valence-corrected chi connectivity index (χ0v) is 12.5. The van der Waals surface area contributed by atoms with Crippen LogP contribution in [0.1, 0.15) is 28.4 Å². The van der Waals surface area contributed by atoms with Gasteiger partial charge in [0.15, 0.2) is 0 Å². The molecule has 6 heteroatoms. The van der Waals surface area contributed by atoms with E-state index in [1.807, 2.05) is 18.2 Å². The number of rotatable bonds is 5. The predicted octanol–water partition coefficient (Wildman–Crippen LogP) is 2.11. The Bertz CT molecular complexity index is 700. The molecule has 1 aromatic heterocycles. The van der Waals surface area contributed by atoms with Crippen LogP contribution in [0.4, 0.5) is 10.5 Å². The smallest absolute Gasteiger partial charge is 0.319 e. The SMILES string of the molecule is NC(=O)c1ccc(NC(=O)NC[C@@H]2C[C@@H]2c2ccccc2)cn1. The summed E-state index contributed by atoms with van der Waals surface area (Å²) in [7, 11) is 0. The average Bonchev–Trinajstić information content (AvgIpc) is 3.34. The number of aromatic nitrogens is 1. The maximum atomic E-state index is 11.9. The zero-order chi connectivity index (χ0) is 16.2. The fraction of sp³-hybridized carbons (Fsp3) is 0.235. The van der Waals surface area contributed by atoms with Gasteiger partial charge in [0.25, 0.3) is 5.91 Å². The van der Waals surface area contributed by atoms with Gasteiger partial charge in [0.2, 0.25) is 0 Å². The molecule has 1 fully saturated rings. The Morgan fingerprint density at radius 2 is 1.96 bits per heavy atom. The Hall–Kier alpha value is -2.89. The number of anilines is 1. The lowest BCUT2D eigenvalue weighted by atomic mass is 10.1. The fourth-order valence-corrected chi connectivity index (χ4v) is 2.59. The van der Waals surface area contributed by atoms with E-state index in [1.165, 1.54) is 17.8 Å². The van der Waals surface area contributed by atoms with Crippen LogP contribution < -0.4 is 16.4 Å². The molecule has 1 aromatic carbocycles. The number of hydrogen-bond donors (Lipinski definition) is 3. The third-order valence-electron chi connectivity index (χ3n) is 3.95. The Morgan fingerprint density at radius 3 is 2.61 bits per heavy atom.